The Labute approximate surface area is 130 Å². The van der Waals surface area contributed by atoms with E-state index in [0.29, 0.717) is 0 Å². The van der Waals surface area contributed by atoms with Crippen LogP contribution in [0.15, 0.2) is 24.3 Å². The highest BCUT2D eigenvalue weighted by Crippen LogP contribution is 2.22. The fourth-order valence-electron chi connectivity index (χ4n) is 3.27. The summed E-state index contributed by atoms with van der Waals surface area (Å²) in [5, 5.41) is 3.51. The van der Waals surface area contributed by atoms with Gasteiger partial charge in [0, 0.05) is 6.54 Å². The Hall–Kier alpha value is -0.860. The van der Waals surface area contributed by atoms with Gasteiger partial charge in [0.15, 0.2) is 0 Å². The molecule has 2 rings (SSSR count). The van der Waals surface area contributed by atoms with Gasteiger partial charge in [-0.1, -0.05) is 44.5 Å². The van der Waals surface area contributed by atoms with Crippen molar-refractivity contribution >= 4 is 0 Å². The Bertz CT molecular complexity index is 394. The molecule has 0 atom stereocenters. The summed E-state index contributed by atoms with van der Waals surface area (Å²) >= 11 is 0. The second-order valence-corrected chi connectivity index (χ2v) is 6.40. The van der Waals surface area contributed by atoms with E-state index < -0.39 is 0 Å². The summed E-state index contributed by atoms with van der Waals surface area (Å²) in [4.78, 5) is 2.64. The Morgan fingerprint density at radius 3 is 2.43 bits per heavy atom. The number of benzene rings is 1. The smallest absolute Gasteiger partial charge is 0.0236 e. The lowest BCUT2D eigenvalue weighted by atomic mass is 9.94. The number of likely N-dealkylation sites (tertiary alicyclic amines) is 1. The summed E-state index contributed by atoms with van der Waals surface area (Å²) in [6.07, 6.45) is 6.50. The van der Waals surface area contributed by atoms with Crippen molar-refractivity contribution in [3.63, 3.8) is 0 Å². The van der Waals surface area contributed by atoms with Crippen LogP contribution < -0.4 is 5.32 Å². The maximum atomic E-state index is 3.51. The molecule has 21 heavy (non-hydrogen) atoms. The van der Waals surface area contributed by atoms with E-state index in [1.54, 1.807) is 0 Å². The lowest BCUT2D eigenvalue weighted by molar-refractivity contribution is 0.174. The van der Waals surface area contributed by atoms with Gasteiger partial charge in [0.1, 0.15) is 0 Å². The van der Waals surface area contributed by atoms with E-state index >= 15 is 0 Å². The van der Waals surface area contributed by atoms with Gasteiger partial charge in [0.05, 0.1) is 0 Å². The molecule has 1 aromatic rings. The Kier molecular flexibility index (Phi) is 7.25. The average molecular weight is 288 g/mol. The normalized spacial score (nSPS) is 17.2. The van der Waals surface area contributed by atoms with Crippen LogP contribution >= 0.6 is 0 Å². The third kappa shape index (κ3) is 5.44. The summed E-state index contributed by atoms with van der Waals surface area (Å²) in [5.74, 6) is 0.967. The quantitative estimate of drug-likeness (QED) is 0.731. The molecule has 1 aliphatic heterocycles. The molecule has 1 fully saturated rings. The molecule has 1 heterocycles. The Morgan fingerprint density at radius 1 is 1.05 bits per heavy atom. The molecule has 0 amide bonds. The molecular weight excluding hydrogens is 256 g/mol. The monoisotopic (exact) mass is 288 g/mol. The van der Waals surface area contributed by atoms with Gasteiger partial charge in [-0.3, -0.25) is 4.90 Å². The topological polar surface area (TPSA) is 15.3 Å². The number of nitrogens with one attached hydrogen (secondary N) is 1. The van der Waals surface area contributed by atoms with E-state index in [4.69, 9.17) is 0 Å². The fraction of sp³-hybridized carbons (Fsp3) is 0.684. The van der Waals surface area contributed by atoms with E-state index in [1.807, 2.05) is 0 Å². The molecular formula is C19H32N2. The molecule has 0 radical (unpaired) electrons. The molecule has 0 unspecified atom stereocenters. The van der Waals surface area contributed by atoms with Crippen molar-refractivity contribution in [2.45, 2.75) is 52.5 Å². The minimum Gasteiger partial charge on any atom is -0.316 e. The zero-order valence-corrected chi connectivity index (χ0v) is 13.9. The zero-order valence-electron chi connectivity index (χ0n) is 13.9. The summed E-state index contributed by atoms with van der Waals surface area (Å²) in [7, 11) is 0. The molecule has 1 N–H and O–H groups in total. The van der Waals surface area contributed by atoms with Crippen molar-refractivity contribution in [3.05, 3.63) is 35.4 Å². The summed E-state index contributed by atoms with van der Waals surface area (Å²) in [6.45, 7) is 10.5. The van der Waals surface area contributed by atoms with Crippen LogP contribution in [0, 0.1) is 5.92 Å². The molecule has 0 spiro atoms. The molecule has 0 saturated carbocycles. The largest absolute Gasteiger partial charge is 0.316 e. The molecule has 0 bridgehead atoms. The van der Waals surface area contributed by atoms with E-state index in [1.165, 1.54) is 49.9 Å². The first-order chi connectivity index (χ1) is 10.3. The van der Waals surface area contributed by atoms with Gasteiger partial charge in [-0.05, 0) is 68.9 Å². The zero-order chi connectivity index (χ0) is 14.9. The van der Waals surface area contributed by atoms with Gasteiger partial charge in [0.2, 0.25) is 0 Å². The van der Waals surface area contributed by atoms with E-state index in [-0.39, 0.29) is 0 Å². The number of nitrogens with zero attached hydrogens (tertiary/aromatic N) is 1. The third-order valence-electron chi connectivity index (χ3n) is 4.79. The lowest BCUT2D eigenvalue weighted by Gasteiger charge is -2.32. The van der Waals surface area contributed by atoms with Gasteiger partial charge >= 0.3 is 0 Å². The van der Waals surface area contributed by atoms with Gasteiger partial charge < -0.3 is 5.32 Å². The van der Waals surface area contributed by atoms with Crippen LogP contribution in [-0.2, 0) is 13.0 Å². The van der Waals surface area contributed by atoms with E-state index in [9.17, 15) is 0 Å². The lowest BCUT2D eigenvalue weighted by Crippen LogP contribution is -2.33. The molecule has 1 aromatic carbocycles. The first-order valence-corrected chi connectivity index (χ1v) is 8.83. The summed E-state index contributed by atoms with van der Waals surface area (Å²) in [6, 6.07) is 9.00. The third-order valence-corrected chi connectivity index (χ3v) is 4.79. The maximum Gasteiger partial charge on any atom is 0.0236 e. The van der Waals surface area contributed by atoms with Crippen molar-refractivity contribution in [1.82, 2.24) is 10.2 Å². The second kappa shape index (κ2) is 9.22. The number of piperidine rings is 1. The number of hydrogen-bond acceptors (Lipinski definition) is 2. The van der Waals surface area contributed by atoms with Crippen LogP contribution in [0.25, 0.3) is 0 Å². The molecule has 0 aliphatic carbocycles. The Balaban J connectivity index is 1.85. The average Bonchev–Trinajstić information content (AvgIpc) is 2.54. The van der Waals surface area contributed by atoms with Crippen molar-refractivity contribution < 1.29 is 0 Å². The maximum absolute atomic E-state index is 3.51. The molecule has 1 aliphatic rings. The first-order valence-electron chi connectivity index (χ1n) is 8.83. The predicted molar refractivity (Wildman–Crippen MR) is 91.6 cm³/mol. The second-order valence-electron chi connectivity index (χ2n) is 6.40. The van der Waals surface area contributed by atoms with Crippen molar-refractivity contribution in [2.75, 3.05) is 26.2 Å². The summed E-state index contributed by atoms with van der Waals surface area (Å²) in [5.41, 5.74) is 3.06. The van der Waals surface area contributed by atoms with Crippen LogP contribution in [0.3, 0.4) is 0 Å². The fourth-order valence-corrected chi connectivity index (χ4v) is 3.27. The van der Waals surface area contributed by atoms with Crippen LogP contribution in [-0.4, -0.2) is 31.1 Å². The van der Waals surface area contributed by atoms with Crippen LogP contribution in [0.4, 0.5) is 0 Å². The predicted octanol–water partition coefficient (Wildman–Crippen LogP) is 3.85. The van der Waals surface area contributed by atoms with Crippen LogP contribution in [0.1, 0.15) is 50.7 Å². The van der Waals surface area contributed by atoms with Crippen molar-refractivity contribution in [1.29, 1.82) is 0 Å². The van der Waals surface area contributed by atoms with Gasteiger partial charge in [-0.25, -0.2) is 0 Å². The minimum absolute atomic E-state index is 0.967. The van der Waals surface area contributed by atoms with Crippen LogP contribution in [0.2, 0.25) is 0 Å². The van der Waals surface area contributed by atoms with Crippen molar-refractivity contribution in [3.8, 4) is 0 Å². The standard InChI is InChI=1S/C19H32N2/c1-3-12-20-13-9-18-7-5-6-8-19(18)16-21-14-10-17(4-2)11-15-21/h5-8,17,20H,3-4,9-16H2,1-2H3. The van der Waals surface area contributed by atoms with Gasteiger partial charge in [0.25, 0.3) is 0 Å². The highest BCUT2D eigenvalue weighted by Gasteiger charge is 2.18. The minimum atomic E-state index is 0.967. The Morgan fingerprint density at radius 2 is 1.76 bits per heavy atom. The van der Waals surface area contributed by atoms with Crippen molar-refractivity contribution in [2.24, 2.45) is 5.92 Å². The van der Waals surface area contributed by atoms with Gasteiger partial charge in [-0.15, -0.1) is 0 Å². The van der Waals surface area contributed by atoms with E-state index in [0.717, 1.165) is 32.0 Å². The molecule has 0 aromatic heterocycles. The highest BCUT2D eigenvalue weighted by atomic mass is 15.1. The van der Waals surface area contributed by atoms with E-state index in [2.05, 4.69) is 48.3 Å². The SMILES string of the molecule is CCCNCCc1ccccc1CN1CCC(CC)CC1. The molecule has 2 nitrogen and oxygen atoms in total. The highest BCUT2D eigenvalue weighted by molar-refractivity contribution is 5.27. The van der Waals surface area contributed by atoms with Gasteiger partial charge in [-0.2, -0.15) is 0 Å². The molecule has 118 valence electrons. The molecule has 1 saturated heterocycles. The first kappa shape index (κ1) is 16.5. The molecule has 2 heteroatoms. The van der Waals surface area contributed by atoms with Crippen LogP contribution in [0.5, 0.6) is 0 Å². The number of hydrogen-bond donors (Lipinski definition) is 1. The number of rotatable bonds is 8. The summed E-state index contributed by atoms with van der Waals surface area (Å²) < 4.78 is 0.